The Morgan fingerprint density at radius 2 is 1.79 bits per heavy atom. The summed E-state index contributed by atoms with van der Waals surface area (Å²) >= 11 is 0. The first-order chi connectivity index (χ1) is 6.55. The highest BCUT2D eigenvalue weighted by Gasteiger charge is 2.23. The highest BCUT2D eigenvalue weighted by atomic mass is 17.2. The van der Waals surface area contributed by atoms with E-state index in [2.05, 4.69) is 0 Å². The lowest BCUT2D eigenvalue weighted by atomic mass is 10.4. The molecule has 0 saturated heterocycles. The number of methoxy groups -OCH3 is 1. The molecule has 0 amide bonds. The maximum absolute atomic E-state index is 5.30. The summed E-state index contributed by atoms with van der Waals surface area (Å²) in [5.74, 6) is -0.761. The minimum absolute atomic E-state index is 0.476. The van der Waals surface area contributed by atoms with Crippen LogP contribution in [0.1, 0.15) is 34.1 Å². The summed E-state index contributed by atoms with van der Waals surface area (Å²) in [6.45, 7) is 8.42. The van der Waals surface area contributed by atoms with Gasteiger partial charge in [-0.25, -0.2) is 4.84 Å². The molecule has 0 rings (SSSR count). The van der Waals surface area contributed by atoms with E-state index in [0.29, 0.717) is 13.2 Å². The van der Waals surface area contributed by atoms with Crippen molar-refractivity contribution in [2.24, 2.45) is 0 Å². The zero-order chi connectivity index (χ0) is 11.0. The van der Waals surface area contributed by atoms with E-state index in [1.165, 1.54) is 0 Å². The molecule has 0 fully saturated rings. The van der Waals surface area contributed by atoms with Crippen molar-refractivity contribution in [1.82, 2.24) is 5.39 Å². The van der Waals surface area contributed by atoms with Gasteiger partial charge in [0.25, 0.3) is 0 Å². The molecule has 14 heavy (non-hydrogen) atoms. The Morgan fingerprint density at radius 1 is 1.14 bits per heavy atom. The van der Waals surface area contributed by atoms with E-state index >= 15 is 0 Å². The first-order valence-corrected chi connectivity index (χ1v) is 4.86. The van der Waals surface area contributed by atoms with Crippen LogP contribution in [0.2, 0.25) is 0 Å². The molecule has 0 aliphatic carbocycles. The molecule has 0 aromatic carbocycles. The van der Waals surface area contributed by atoms with Gasteiger partial charge >= 0.3 is 0 Å². The van der Waals surface area contributed by atoms with Crippen LogP contribution in [0.25, 0.3) is 0 Å². The first kappa shape index (κ1) is 13.8. The van der Waals surface area contributed by atoms with Crippen molar-refractivity contribution in [2.45, 2.75) is 39.9 Å². The number of rotatable bonds is 8. The molecule has 0 heterocycles. The molecule has 0 aliphatic heterocycles. The second-order valence-corrected chi connectivity index (χ2v) is 3.17. The second-order valence-electron chi connectivity index (χ2n) is 3.17. The minimum atomic E-state index is -0.761. The van der Waals surface area contributed by atoms with Crippen LogP contribution in [-0.4, -0.2) is 31.5 Å². The average Bonchev–Trinajstić information content (AvgIpc) is 2.14. The molecule has 0 bridgehead atoms. The quantitative estimate of drug-likeness (QED) is 0.449. The normalized spacial score (nSPS) is 12.4. The van der Waals surface area contributed by atoms with Gasteiger partial charge in [0.2, 0.25) is 0 Å². The molecule has 0 aliphatic rings. The molecule has 0 atom stereocenters. The van der Waals surface area contributed by atoms with Crippen LogP contribution in [0.15, 0.2) is 0 Å². The zero-order valence-electron chi connectivity index (χ0n) is 9.70. The molecule has 5 nitrogen and oxygen atoms in total. The summed E-state index contributed by atoms with van der Waals surface area (Å²) in [6, 6.07) is 0. The summed E-state index contributed by atoms with van der Waals surface area (Å²) in [4.78, 5) is 15.6. The fourth-order valence-corrected chi connectivity index (χ4v) is 0.578. The van der Waals surface area contributed by atoms with E-state index in [-0.39, 0.29) is 0 Å². The van der Waals surface area contributed by atoms with Gasteiger partial charge in [-0.3, -0.25) is 9.68 Å². The van der Waals surface area contributed by atoms with Crippen molar-refractivity contribution >= 4 is 0 Å². The van der Waals surface area contributed by atoms with Crippen LogP contribution in [-0.2, 0) is 19.2 Å². The Bertz CT molecular complexity index is 141. The minimum Gasteiger partial charge on any atom is -0.352 e. The van der Waals surface area contributed by atoms with Gasteiger partial charge in [0, 0.05) is 7.11 Å². The standard InChI is InChI=1S/C9H21NO4/c1-6-8-13-10(12-7-2)14-9(3,4)11-5/h6-8H2,1-5H3. The van der Waals surface area contributed by atoms with Crippen molar-refractivity contribution < 1.29 is 19.2 Å². The van der Waals surface area contributed by atoms with Gasteiger partial charge in [-0.05, 0) is 27.2 Å². The smallest absolute Gasteiger partial charge is 0.186 e. The van der Waals surface area contributed by atoms with E-state index in [1.807, 2.05) is 13.8 Å². The van der Waals surface area contributed by atoms with Gasteiger partial charge in [-0.2, -0.15) is 0 Å². The molecule has 5 heteroatoms. The topological polar surface area (TPSA) is 40.2 Å². The molecule has 0 aromatic rings. The SMILES string of the molecule is CCCON(OCC)OC(C)(C)OC. The molecule has 86 valence electrons. The predicted octanol–water partition coefficient (Wildman–Crippen LogP) is 1.90. The molecular formula is C9H21NO4. The summed E-state index contributed by atoms with van der Waals surface area (Å²) in [5, 5.41) is 1.01. The molecule has 0 spiro atoms. The molecular weight excluding hydrogens is 186 g/mol. The van der Waals surface area contributed by atoms with Gasteiger partial charge in [0.15, 0.2) is 5.79 Å². The molecule has 0 saturated carbocycles. The fraction of sp³-hybridized carbons (Fsp3) is 1.00. The van der Waals surface area contributed by atoms with E-state index in [9.17, 15) is 0 Å². The third-order valence-electron chi connectivity index (χ3n) is 1.42. The average molecular weight is 207 g/mol. The van der Waals surface area contributed by atoms with E-state index in [4.69, 9.17) is 19.2 Å². The lowest BCUT2D eigenvalue weighted by Gasteiger charge is -2.28. The zero-order valence-corrected chi connectivity index (χ0v) is 9.70. The van der Waals surface area contributed by atoms with Gasteiger partial charge in [-0.15, -0.1) is 0 Å². The largest absolute Gasteiger partial charge is 0.352 e. The van der Waals surface area contributed by atoms with Crippen LogP contribution in [0.3, 0.4) is 0 Å². The van der Waals surface area contributed by atoms with Crippen LogP contribution in [0.5, 0.6) is 0 Å². The maximum Gasteiger partial charge on any atom is 0.186 e. The first-order valence-electron chi connectivity index (χ1n) is 4.86. The van der Waals surface area contributed by atoms with Gasteiger partial charge in [-0.1, -0.05) is 6.92 Å². The van der Waals surface area contributed by atoms with E-state index < -0.39 is 5.79 Å². The Balaban J connectivity index is 3.94. The van der Waals surface area contributed by atoms with Crippen molar-refractivity contribution in [1.29, 1.82) is 0 Å². The summed E-state index contributed by atoms with van der Waals surface area (Å²) in [6.07, 6.45) is 0.889. The monoisotopic (exact) mass is 207 g/mol. The van der Waals surface area contributed by atoms with Crippen LogP contribution in [0, 0.1) is 0 Å². The van der Waals surface area contributed by atoms with Crippen molar-refractivity contribution in [3.05, 3.63) is 0 Å². The van der Waals surface area contributed by atoms with E-state index in [1.54, 1.807) is 21.0 Å². The number of hydrogen-bond donors (Lipinski definition) is 0. The molecule has 0 N–H and O–H groups in total. The summed E-state index contributed by atoms with van der Waals surface area (Å²) in [7, 11) is 1.56. The Labute approximate surface area is 85.7 Å². The van der Waals surface area contributed by atoms with Crippen LogP contribution >= 0.6 is 0 Å². The Kier molecular flexibility index (Phi) is 7.04. The molecule has 0 aromatic heterocycles. The number of hydrogen-bond acceptors (Lipinski definition) is 5. The van der Waals surface area contributed by atoms with Crippen LogP contribution < -0.4 is 0 Å². The Hall–Kier alpha value is -0.200. The van der Waals surface area contributed by atoms with Crippen LogP contribution in [0.4, 0.5) is 0 Å². The lowest BCUT2D eigenvalue weighted by molar-refractivity contribution is -0.566. The van der Waals surface area contributed by atoms with Crippen molar-refractivity contribution in [2.75, 3.05) is 20.3 Å². The summed E-state index contributed by atoms with van der Waals surface area (Å²) in [5.41, 5.74) is 0. The van der Waals surface area contributed by atoms with E-state index in [0.717, 1.165) is 11.8 Å². The third kappa shape index (κ3) is 6.28. The second kappa shape index (κ2) is 7.14. The Morgan fingerprint density at radius 3 is 2.21 bits per heavy atom. The van der Waals surface area contributed by atoms with Gasteiger partial charge < -0.3 is 4.74 Å². The summed E-state index contributed by atoms with van der Waals surface area (Å²) < 4.78 is 5.07. The van der Waals surface area contributed by atoms with Crippen molar-refractivity contribution in [3.63, 3.8) is 0 Å². The number of ether oxygens (including phenoxy) is 1. The third-order valence-corrected chi connectivity index (χ3v) is 1.42. The lowest BCUT2D eigenvalue weighted by Crippen LogP contribution is -2.37. The number of nitrogens with zero attached hydrogens (tertiary/aromatic N) is 1. The fourth-order valence-electron chi connectivity index (χ4n) is 0.578. The van der Waals surface area contributed by atoms with Crippen molar-refractivity contribution in [3.8, 4) is 0 Å². The predicted molar refractivity (Wildman–Crippen MR) is 51.9 cm³/mol. The molecule has 0 radical (unpaired) electrons. The van der Waals surface area contributed by atoms with Gasteiger partial charge in [0.05, 0.1) is 18.6 Å². The maximum atomic E-state index is 5.30. The highest BCUT2D eigenvalue weighted by molar-refractivity contribution is 4.47. The molecule has 0 unspecified atom stereocenters. The van der Waals surface area contributed by atoms with Gasteiger partial charge in [0.1, 0.15) is 0 Å². The highest BCUT2D eigenvalue weighted by Crippen LogP contribution is 2.13.